The first-order valence-electron chi connectivity index (χ1n) is 7.14. The number of carboxylic acids is 1. The van der Waals surface area contributed by atoms with Gasteiger partial charge in [0.2, 0.25) is 11.8 Å². The fourth-order valence-electron chi connectivity index (χ4n) is 2.45. The summed E-state index contributed by atoms with van der Waals surface area (Å²) < 4.78 is 0. The summed E-state index contributed by atoms with van der Waals surface area (Å²) >= 11 is 14.6. The minimum Gasteiger partial charge on any atom is -0.477 e. The van der Waals surface area contributed by atoms with Crippen molar-refractivity contribution < 1.29 is 19.5 Å². The van der Waals surface area contributed by atoms with Crippen LogP contribution in [0.1, 0.15) is 6.42 Å². The molecule has 0 saturated carbocycles. The number of hydrogen-bond acceptors (Lipinski definition) is 5. The monoisotopic (exact) mass is 418 g/mol. The Morgan fingerprint density at radius 3 is 2.84 bits per heavy atom. The van der Waals surface area contributed by atoms with Crippen molar-refractivity contribution in [2.24, 2.45) is 0 Å². The molecule has 2 amide bonds. The van der Waals surface area contributed by atoms with E-state index >= 15 is 0 Å². The van der Waals surface area contributed by atoms with Crippen LogP contribution in [0.2, 0.25) is 10.0 Å². The molecule has 0 spiro atoms. The molecule has 3 rings (SSSR count). The molecular weight excluding hydrogens is 407 g/mol. The molecule has 1 atom stereocenters. The number of β-lactam (4-membered cyclic amide) rings is 1. The van der Waals surface area contributed by atoms with Crippen LogP contribution in [0, 0.1) is 0 Å². The van der Waals surface area contributed by atoms with Gasteiger partial charge in [0.25, 0.3) is 0 Å². The number of aliphatic carboxylic acids is 1. The Labute approximate surface area is 161 Å². The zero-order chi connectivity index (χ0) is 18.1. The first-order chi connectivity index (χ1) is 11.9. The number of carbonyl (C=O) groups excluding carboxylic acids is 2. The maximum atomic E-state index is 12.2. The normalized spacial score (nSPS) is 19.4. The predicted octanol–water partition coefficient (Wildman–Crippen LogP) is 2.80. The molecule has 1 unspecified atom stereocenters. The van der Waals surface area contributed by atoms with Crippen LogP contribution >= 0.6 is 46.7 Å². The third-order valence-corrected chi connectivity index (χ3v) is 6.55. The van der Waals surface area contributed by atoms with E-state index in [0.717, 1.165) is 0 Å². The second kappa shape index (κ2) is 7.49. The number of rotatable bonds is 5. The number of thioether (sulfide) groups is 2. The zero-order valence-corrected chi connectivity index (χ0v) is 15.8. The van der Waals surface area contributed by atoms with Gasteiger partial charge in [-0.2, -0.15) is 0 Å². The molecule has 0 radical (unpaired) electrons. The van der Waals surface area contributed by atoms with E-state index in [1.54, 1.807) is 18.2 Å². The van der Waals surface area contributed by atoms with Gasteiger partial charge in [0.15, 0.2) is 5.70 Å². The van der Waals surface area contributed by atoms with E-state index in [-0.39, 0.29) is 34.3 Å². The Kier molecular flexibility index (Phi) is 5.52. The number of fused-ring (bicyclic) bond motifs is 1. The van der Waals surface area contributed by atoms with Crippen LogP contribution in [0.5, 0.6) is 0 Å². The van der Waals surface area contributed by atoms with Crippen molar-refractivity contribution in [3.8, 4) is 0 Å². The number of hydrogen-bond donors (Lipinski definition) is 2. The van der Waals surface area contributed by atoms with Gasteiger partial charge in [-0.15, -0.1) is 23.5 Å². The average molecular weight is 419 g/mol. The van der Waals surface area contributed by atoms with Crippen LogP contribution in [0.4, 0.5) is 0 Å². The second-order valence-corrected chi connectivity index (χ2v) is 8.30. The first-order valence-corrected chi connectivity index (χ1v) is 9.93. The summed E-state index contributed by atoms with van der Waals surface area (Å²) in [6.45, 7) is 0. The molecule has 0 bridgehead atoms. The van der Waals surface area contributed by atoms with Crippen molar-refractivity contribution in [3.63, 3.8) is 0 Å². The summed E-state index contributed by atoms with van der Waals surface area (Å²) in [5, 5.41) is 12.8. The fraction of sp³-hybridized carbons (Fsp3) is 0.267. The molecule has 2 aliphatic rings. The van der Waals surface area contributed by atoms with Crippen LogP contribution in [0.3, 0.4) is 0 Å². The number of benzene rings is 1. The molecule has 1 saturated heterocycles. The molecule has 1 fully saturated rings. The van der Waals surface area contributed by atoms with E-state index in [4.69, 9.17) is 23.2 Å². The maximum Gasteiger partial charge on any atom is 0.354 e. The molecule has 1 aromatic rings. The number of nitrogens with one attached hydrogen (secondary N) is 1. The third kappa shape index (κ3) is 3.92. The Morgan fingerprint density at radius 2 is 2.16 bits per heavy atom. The number of nitrogens with zero attached hydrogens (tertiary/aromatic N) is 1. The molecule has 2 heterocycles. The van der Waals surface area contributed by atoms with Crippen molar-refractivity contribution in [1.82, 2.24) is 10.2 Å². The number of halogens is 2. The highest BCUT2D eigenvalue weighted by molar-refractivity contribution is 8.00. The van der Waals surface area contributed by atoms with Crippen molar-refractivity contribution >= 4 is 64.5 Å². The molecule has 132 valence electrons. The summed E-state index contributed by atoms with van der Waals surface area (Å²) in [4.78, 5) is 37.2. The fourth-order valence-corrected chi connectivity index (χ4v) is 4.94. The van der Waals surface area contributed by atoms with Crippen LogP contribution < -0.4 is 5.32 Å². The SMILES string of the molecule is O=C(CSc1cc(Cl)ccc1Cl)NC1=C(C(=O)O)N2C(=O)CC2SC1. The topological polar surface area (TPSA) is 86.7 Å². The van der Waals surface area contributed by atoms with Crippen molar-refractivity contribution in [2.75, 3.05) is 11.5 Å². The maximum absolute atomic E-state index is 12.2. The standard InChI is InChI=1S/C15H12Cl2N2O4S2/c16-7-1-2-8(17)10(3-7)24-6-11(20)18-9-5-25-13-4-12(21)19(13)14(9)15(22)23/h1-3,13H,4-6H2,(H,18,20)(H,22,23). The van der Waals surface area contributed by atoms with Gasteiger partial charge in [-0.3, -0.25) is 14.5 Å². The van der Waals surface area contributed by atoms with Crippen LogP contribution in [0.15, 0.2) is 34.5 Å². The van der Waals surface area contributed by atoms with E-state index in [0.29, 0.717) is 27.1 Å². The number of carboxylic acid groups (broad SMARTS) is 1. The molecule has 0 aliphatic carbocycles. The smallest absolute Gasteiger partial charge is 0.354 e. The molecule has 2 N–H and O–H groups in total. The quantitative estimate of drug-likeness (QED) is 0.564. The lowest BCUT2D eigenvalue weighted by atomic mass is 10.1. The summed E-state index contributed by atoms with van der Waals surface area (Å²) in [6, 6.07) is 4.95. The largest absolute Gasteiger partial charge is 0.477 e. The van der Waals surface area contributed by atoms with Gasteiger partial charge < -0.3 is 10.4 Å². The summed E-state index contributed by atoms with van der Waals surface area (Å²) in [5.41, 5.74) is 0.101. The van der Waals surface area contributed by atoms with E-state index < -0.39 is 5.97 Å². The number of carbonyl (C=O) groups is 3. The van der Waals surface area contributed by atoms with Gasteiger partial charge in [0, 0.05) is 15.7 Å². The first kappa shape index (κ1) is 18.4. The van der Waals surface area contributed by atoms with Crippen molar-refractivity contribution in [1.29, 1.82) is 0 Å². The van der Waals surface area contributed by atoms with Gasteiger partial charge in [-0.25, -0.2) is 4.79 Å². The minimum absolute atomic E-state index is 0.0402. The zero-order valence-electron chi connectivity index (χ0n) is 12.6. The average Bonchev–Trinajstić information content (AvgIpc) is 2.55. The molecule has 25 heavy (non-hydrogen) atoms. The molecule has 0 aromatic heterocycles. The third-order valence-electron chi connectivity index (χ3n) is 3.60. The molecule has 6 nitrogen and oxygen atoms in total. The summed E-state index contributed by atoms with van der Waals surface area (Å²) in [5.74, 6) is -1.47. The van der Waals surface area contributed by atoms with Crippen molar-refractivity contribution in [2.45, 2.75) is 16.7 Å². The Morgan fingerprint density at radius 1 is 1.40 bits per heavy atom. The lowest BCUT2D eigenvalue weighted by Crippen LogP contribution is -2.55. The lowest BCUT2D eigenvalue weighted by molar-refractivity contribution is -0.146. The van der Waals surface area contributed by atoms with Crippen molar-refractivity contribution in [3.05, 3.63) is 39.6 Å². The Balaban J connectivity index is 1.69. The highest BCUT2D eigenvalue weighted by atomic mass is 35.5. The van der Waals surface area contributed by atoms with Gasteiger partial charge >= 0.3 is 5.97 Å². The number of amides is 2. The van der Waals surface area contributed by atoms with Gasteiger partial charge in [-0.1, -0.05) is 23.2 Å². The Bertz CT molecular complexity index is 800. The minimum atomic E-state index is -1.22. The highest BCUT2D eigenvalue weighted by Gasteiger charge is 2.45. The van der Waals surface area contributed by atoms with E-state index in [9.17, 15) is 19.5 Å². The lowest BCUT2D eigenvalue weighted by Gasteiger charge is -2.43. The predicted molar refractivity (Wildman–Crippen MR) is 97.7 cm³/mol. The van der Waals surface area contributed by atoms with Gasteiger partial charge in [0.05, 0.1) is 28.3 Å². The van der Waals surface area contributed by atoms with Gasteiger partial charge in [-0.05, 0) is 18.2 Å². The second-order valence-electron chi connectivity index (χ2n) is 5.28. The van der Waals surface area contributed by atoms with Crippen LogP contribution in [-0.2, 0) is 14.4 Å². The summed E-state index contributed by atoms with van der Waals surface area (Å²) in [6.07, 6.45) is 0.325. The Hall–Kier alpha value is -1.35. The van der Waals surface area contributed by atoms with E-state index in [1.165, 1.54) is 28.4 Å². The molecule has 2 aliphatic heterocycles. The summed E-state index contributed by atoms with van der Waals surface area (Å²) in [7, 11) is 0. The molecule has 1 aromatic carbocycles. The van der Waals surface area contributed by atoms with Gasteiger partial charge in [0.1, 0.15) is 0 Å². The van der Waals surface area contributed by atoms with Crippen LogP contribution in [-0.4, -0.2) is 44.7 Å². The van der Waals surface area contributed by atoms with Crippen LogP contribution in [0.25, 0.3) is 0 Å². The highest BCUT2D eigenvalue weighted by Crippen LogP contribution is 2.39. The molecular formula is C15H12Cl2N2O4S2. The van der Waals surface area contributed by atoms with E-state index in [2.05, 4.69) is 5.32 Å². The molecule has 10 heteroatoms. The van der Waals surface area contributed by atoms with E-state index in [1.807, 2.05) is 0 Å².